The van der Waals surface area contributed by atoms with E-state index >= 15 is 0 Å². The van der Waals surface area contributed by atoms with Gasteiger partial charge in [-0.25, -0.2) is 0 Å². The lowest BCUT2D eigenvalue weighted by molar-refractivity contribution is -0.128. The van der Waals surface area contributed by atoms with Crippen LogP contribution in [0.15, 0.2) is 36.5 Å². The standard InChI is InChI=1S/C19H22N2O2/c1-13-10-20-17(14(2)19(13)23-3)12-21-11-16(9-18(21)22)15-7-5-4-6-8-15/h4-8,10,16H,9,11-12H2,1-3H3/t16-/m0/s1. The van der Waals surface area contributed by atoms with Crippen LogP contribution in [0.3, 0.4) is 0 Å². The highest BCUT2D eigenvalue weighted by Crippen LogP contribution is 2.30. The number of methoxy groups -OCH3 is 1. The maximum absolute atomic E-state index is 12.4. The Bertz CT molecular complexity index is 713. The minimum absolute atomic E-state index is 0.194. The van der Waals surface area contributed by atoms with E-state index in [-0.39, 0.29) is 11.8 Å². The highest BCUT2D eigenvalue weighted by atomic mass is 16.5. The molecule has 0 saturated carbocycles. The number of pyridine rings is 1. The second-order valence-electron chi connectivity index (χ2n) is 6.13. The van der Waals surface area contributed by atoms with Crippen LogP contribution in [-0.4, -0.2) is 29.4 Å². The van der Waals surface area contributed by atoms with Crippen molar-refractivity contribution in [3.63, 3.8) is 0 Å². The Hall–Kier alpha value is -2.36. The first-order chi connectivity index (χ1) is 11.1. The van der Waals surface area contributed by atoms with Crippen LogP contribution >= 0.6 is 0 Å². The van der Waals surface area contributed by atoms with E-state index in [1.807, 2.05) is 43.1 Å². The zero-order valence-corrected chi connectivity index (χ0v) is 13.9. The van der Waals surface area contributed by atoms with Gasteiger partial charge in [0, 0.05) is 36.2 Å². The zero-order valence-electron chi connectivity index (χ0n) is 13.9. The van der Waals surface area contributed by atoms with Crippen molar-refractivity contribution in [1.82, 2.24) is 9.88 Å². The molecule has 3 rings (SSSR count). The van der Waals surface area contributed by atoms with Gasteiger partial charge in [0.1, 0.15) is 5.75 Å². The van der Waals surface area contributed by atoms with Crippen molar-refractivity contribution in [3.05, 3.63) is 58.9 Å². The average Bonchev–Trinajstić information content (AvgIpc) is 2.92. The lowest BCUT2D eigenvalue weighted by atomic mass is 9.98. The van der Waals surface area contributed by atoms with E-state index in [1.54, 1.807) is 7.11 Å². The molecule has 0 aliphatic carbocycles. The third-order valence-corrected chi connectivity index (χ3v) is 4.58. The minimum Gasteiger partial charge on any atom is -0.496 e. The number of benzene rings is 1. The molecule has 0 spiro atoms. The van der Waals surface area contributed by atoms with Gasteiger partial charge in [-0.3, -0.25) is 9.78 Å². The summed E-state index contributed by atoms with van der Waals surface area (Å²) in [6.45, 7) is 5.28. The number of hydrogen-bond acceptors (Lipinski definition) is 3. The maximum Gasteiger partial charge on any atom is 0.223 e. The molecular formula is C19H22N2O2. The van der Waals surface area contributed by atoms with Gasteiger partial charge in [-0.2, -0.15) is 0 Å². The van der Waals surface area contributed by atoms with Crippen molar-refractivity contribution in [2.45, 2.75) is 32.7 Å². The summed E-state index contributed by atoms with van der Waals surface area (Å²) in [5, 5.41) is 0. The lowest BCUT2D eigenvalue weighted by Crippen LogP contribution is -2.25. The number of carbonyl (C=O) groups is 1. The molecule has 0 unspecified atom stereocenters. The molecule has 120 valence electrons. The Morgan fingerprint density at radius 1 is 1.26 bits per heavy atom. The molecule has 23 heavy (non-hydrogen) atoms. The van der Waals surface area contributed by atoms with Gasteiger partial charge in [0.05, 0.1) is 19.3 Å². The topological polar surface area (TPSA) is 42.4 Å². The molecule has 0 N–H and O–H groups in total. The van der Waals surface area contributed by atoms with Crippen LogP contribution in [-0.2, 0) is 11.3 Å². The summed E-state index contributed by atoms with van der Waals surface area (Å²) < 4.78 is 5.45. The van der Waals surface area contributed by atoms with Crippen LogP contribution in [0.2, 0.25) is 0 Å². The van der Waals surface area contributed by atoms with E-state index in [4.69, 9.17) is 4.74 Å². The van der Waals surface area contributed by atoms with Gasteiger partial charge in [0.15, 0.2) is 0 Å². The van der Waals surface area contributed by atoms with Crippen molar-refractivity contribution < 1.29 is 9.53 Å². The molecule has 1 fully saturated rings. The molecule has 1 atom stereocenters. The fraction of sp³-hybridized carbons (Fsp3) is 0.368. The van der Waals surface area contributed by atoms with E-state index < -0.39 is 0 Å². The molecule has 1 aromatic carbocycles. The SMILES string of the molecule is COc1c(C)cnc(CN2C[C@@H](c3ccccc3)CC2=O)c1C. The quantitative estimate of drug-likeness (QED) is 0.871. The van der Waals surface area contributed by atoms with Gasteiger partial charge < -0.3 is 9.64 Å². The van der Waals surface area contributed by atoms with E-state index in [0.29, 0.717) is 13.0 Å². The molecule has 4 nitrogen and oxygen atoms in total. The number of nitrogens with zero attached hydrogens (tertiary/aromatic N) is 2. The maximum atomic E-state index is 12.4. The van der Waals surface area contributed by atoms with Crippen LogP contribution in [0.4, 0.5) is 0 Å². The van der Waals surface area contributed by atoms with Crippen molar-refractivity contribution >= 4 is 5.91 Å². The summed E-state index contributed by atoms with van der Waals surface area (Å²) in [4.78, 5) is 18.8. The summed E-state index contributed by atoms with van der Waals surface area (Å²) in [5.41, 5.74) is 4.18. The summed E-state index contributed by atoms with van der Waals surface area (Å²) in [6.07, 6.45) is 2.39. The predicted octanol–water partition coefficient (Wildman–Crippen LogP) is 3.22. The van der Waals surface area contributed by atoms with Crippen LogP contribution < -0.4 is 4.74 Å². The number of likely N-dealkylation sites (tertiary alicyclic amines) is 1. The number of amides is 1. The van der Waals surface area contributed by atoms with Gasteiger partial charge >= 0.3 is 0 Å². The summed E-state index contributed by atoms with van der Waals surface area (Å²) >= 11 is 0. The first kappa shape index (κ1) is 15.5. The van der Waals surface area contributed by atoms with Crippen LogP contribution in [0.5, 0.6) is 5.75 Å². The summed E-state index contributed by atoms with van der Waals surface area (Å²) in [7, 11) is 1.67. The van der Waals surface area contributed by atoms with Gasteiger partial charge in [-0.1, -0.05) is 30.3 Å². The van der Waals surface area contributed by atoms with E-state index in [2.05, 4.69) is 17.1 Å². The van der Waals surface area contributed by atoms with Gasteiger partial charge in [0.25, 0.3) is 0 Å². The number of aromatic nitrogens is 1. The van der Waals surface area contributed by atoms with E-state index in [0.717, 1.165) is 29.1 Å². The molecule has 2 aromatic rings. The molecule has 4 heteroatoms. The first-order valence-corrected chi connectivity index (χ1v) is 7.92. The molecule has 2 heterocycles. The number of aryl methyl sites for hydroxylation is 1. The van der Waals surface area contributed by atoms with Crippen LogP contribution in [0, 0.1) is 13.8 Å². The fourth-order valence-corrected chi connectivity index (χ4v) is 3.28. The minimum atomic E-state index is 0.194. The van der Waals surface area contributed by atoms with Crippen molar-refractivity contribution in [2.24, 2.45) is 0 Å². The Morgan fingerprint density at radius 2 is 2.00 bits per heavy atom. The Balaban J connectivity index is 1.78. The van der Waals surface area contributed by atoms with Crippen molar-refractivity contribution in [3.8, 4) is 5.75 Å². The number of carbonyl (C=O) groups excluding carboxylic acids is 1. The van der Waals surface area contributed by atoms with Crippen molar-refractivity contribution in [2.75, 3.05) is 13.7 Å². The fourth-order valence-electron chi connectivity index (χ4n) is 3.28. The number of rotatable bonds is 4. The molecule has 0 radical (unpaired) electrons. The van der Waals surface area contributed by atoms with Crippen LogP contribution in [0.25, 0.3) is 0 Å². The predicted molar refractivity (Wildman–Crippen MR) is 89.5 cm³/mol. The zero-order chi connectivity index (χ0) is 16.4. The molecule has 1 aromatic heterocycles. The average molecular weight is 310 g/mol. The Morgan fingerprint density at radius 3 is 2.70 bits per heavy atom. The molecule has 0 bridgehead atoms. The number of hydrogen-bond donors (Lipinski definition) is 0. The van der Waals surface area contributed by atoms with Gasteiger partial charge in [-0.05, 0) is 19.4 Å². The first-order valence-electron chi connectivity index (χ1n) is 7.92. The number of ether oxygens (including phenoxy) is 1. The van der Waals surface area contributed by atoms with E-state index in [9.17, 15) is 4.79 Å². The Kier molecular flexibility index (Phi) is 4.33. The second kappa shape index (κ2) is 6.41. The highest BCUT2D eigenvalue weighted by molar-refractivity contribution is 5.79. The van der Waals surface area contributed by atoms with Gasteiger partial charge in [-0.15, -0.1) is 0 Å². The molecule has 1 amide bonds. The molecule has 1 aliphatic heterocycles. The molecular weight excluding hydrogens is 288 g/mol. The smallest absolute Gasteiger partial charge is 0.223 e. The van der Waals surface area contributed by atoms with Crippen molar-refractivity contribution in [1.29, 1.82) is 0 Å². The van der Waals surface area contributed by atoms with E-state index in [1.165, 1.54) is 5.56 Å². The Labute approximate surface area is 137 Å². The summed E-state index contributed by atoms with van der Waals surface area (Å²) in [6, 6.07) is 10.3. The summed E-state index contributed by atoms with van der Waals surface area (Å²) in [5.74, 6) is 1.33. The van der Waals surface area contributed by atoms with Crippen LogP contribution in [0.1, 0.15) is 34.7 Å². The highest BCUT2D eigenvalue weighted by Gasteiger charge is 2.31. The third-order valence-electron chi connectivity index (χ3n) is 4.58. The second-order valence-corrected chi connectivity index (χ2v) is 6.13. The largest absolute Gasteiger partial charge is 0.496 e. The molecule has 1 aliphatic rings. The normalized spacial score (nSPS) is 17.6. The third kappa shape index (κ3) is 3.07. The monoisotopic (exact) mass is 310 g/mol. The molecule has 1 saturated heterocycles. The van der Waals surface area contributed by atoms with Gasteiger partial charge in [0.2, 0.25) is 5.91 Å². The lowest BCUT2D eigenvalue weighted by Gasteiger charge is -2.19.